The molecule has 0 spiro atoms. The summed E-state index contributed by atoms with van der Waals surface area (Å²) in [5.41, 5.74) is 7.42. The van der Waals surface area contributed by atoms with Crippen LogP contribution in [-0.4, -0.2) is 17.7 Å². The summed E-state index contributed by atoms with van der Waals surface area (Å²) in [4.78, 5) is 35.0. The fourth-order valence-electron chi connectivity index (χ4n) is 2.31. The Kier molecular flexibility index (Phi) is 6.28. The third-order valence-corrected chi connectivity index (χ3v) is 3.55. The zero-order chi connectivity index (χ0) is 18.2. The van der Waals surface area contributed by atoms with Gasteiger partial charge in [-0.25, -0.2) is 0 Å². The van der Waals surface area contributed by atoms with Gasteiger partial charge < -0.3 is 16.4 Å². The minimum Gasteiger partial charge on any atom is -0.366 e. The van der Waals surface area contributed by atoms with Crippen molar-refractivity contribution in [2.75, 3.05) is 5.32 Å². The van der Waals surface area contributed by atoms with Gasteiger partial charge in [0.1, 0.15) is 0 Å². The largest absolute Gasteiger partial charge is 0.366 e. The Hall–Kier alpha value is -3.15. The van der Waals surface area contributed by atoms with E-state index in [9.17, 15) is 14.4 Å². The van der Waals surface area contributed by atoms with Crippen molar-refractivity contribution in [2.45, 2.75) is 26.3 Å². The third kappa shape index (κ3) is 5.46. The first-order valence-electron chi connectivity index (χ1n) is 8.06. The number of amides is 3. The predicted molar refractivity (Wildman–Crippen MR) is 96.1 cm³/mol. The molecule has 0 saturated heterocycles. The first-order valence-corrected chi connectivity index (χ1v) is 8.06. The first kappa shape index (κ1) is 18.2. The van der Waals surface area contributed by atoms with E-state index < -0.39 is 5.91 Å². The van der Waals surface area contributed by atoms with E-state index >= 15 is 0 Å². The summed E-state index contributed by atoms with van der Waals surface area (Å²) < 4.78 is 0. The van der Waals surface area contributed by atoms with Gasteiger partial charge in [-0.2, -0.15) is 0 Å². The first-order chi connectivity index (χ1) is 12.0. The molecule has 2 aromatic rings. The number of nitrogens with one attached hydrogen (secondary N) is 2. The number of hydrogen-bond donors (Lipinski definition) is 3. The molecule has 0 saturated carbocycles. The van der Waals surface area contributed by atoms with E-state index in [1.54, 1.807) is 24.3 Å². The molecule has 2 rings (SSSR count). The molecule has 0 aliphatic carbocycles. The highest BCUT2D eigenvalue weighted by Crippen LogP contribution is 2.12. The molecule has 2 aromatic carbocycles. The van der Waals surface area contributed by atoms with Gasteiger partial charge in [0.05, 0.1) is 0 Å². The Bertz CT molecular complexity index is 787. The van der Waals surface area contributed by atoms with E-state index in [2.05, 4.69) is 10.6 Å². The maximum absolute atomic E-state index is 12.2. The van der Waals surface area contributed by atoms with Gasteiger partial charge in [-0.3, -0.25) is 14.4 Å². The number of benzene rings is 2. The molecular formula is C19H21N3O3. The van der Waals surface area contributed by atoms with E-state index in [-0.39, 0.29) is 17.4 Å². The molecule has 130 valence electrons. The van der Waals surface area contributed by atoms with Crippen molar-refractivity contribution >= 4 is 23.4 Å². The Labute approximate surface area is 146 Å². The fraction of sp³-hybridized carbons (Fsp3) is 0.211. The summed E-state index contributed by atoms with van der Waals surface area (Å²) in [6, 6.07) is 13.5. The van der Waals surface area contributed by atoms with E-state index in [1.165, 1.54) is 6.07 Å². The van der Waals surface area contributed by atoms with Gasteiger partial charge >= 0.3 is 0 Å². The van der Waals surface area contributed by atoms with Crippen molar-refractivity contribution in [3.63, 3.8) is 0 Å². The molecule has 0 unspecified atom stereocenters. The van der Waals surface area contributed by atoms with Crippen LogP contribution in [0.3, 0.4) is 0 Å². The van der Waals surface area contributed by atoms with E-state index in [1.807, 2.05) is 25.1 Å². The monoisotopic (exact) mass is 339 g/mol. The smallest absolute Gasteiger partial charge is 0.251 e. The Morgan fingerprint density at radius 2 is 1.72 bits per heavy atom. The number of primary amides is 1. The fourth-order valence-corrected chi connectivity index (χ4v) is 2.31. The van der Waals surface area contributed by atoms with Gasteiger partial charge in [-0.05, 0) is 42.3 Å². The zero-order valence-corrected chi connectivity index (χ0v) is 14.0. The Morgan fingerprint density at radius 1 is 1.00 bits per heavy atom. The van der Waals surface area contributed by atoms with Gasteiger partial charge in [-0.1, -0.05) is 25.1 Å². The molecule has 0 fully saturated rings. The number of rotatable bonds is 7. The molecule has 0 heterocycles. The van der Waals surface area contributed by atoms with Crippen LogP contribution >= 0.6 is 0 Å². The predicted octanol–water partition coefficient (Wildman–Crippen LogP) is 2.45. The van der Waals surface area contributed by atoms with Crippen molar-refractivity contribution in [1.29, 1.82) is 0 Å². The normalized spacial score (nSPS) is 10.1. The molecule has 0 bridgehead atoms. The van der Waals surface area contributed by atoms with Crippen molar-refractivity contribution in [1.82, 2.24) is 5.32 Å². The maximum Gasteiger partial charge on any atom is 0.251 e. The maximum atomic E-state index is 12.2. The van der Waals surface area contributed by atoms with Crippen molar-refractivity contribution in [2.24, 2.45) is 5.73 Å². The Balaban J connectivity index is 1.99. The molecule has 3 amide bonds. The number of hydrogen-bond acceptors (Lipinski definition) is 3. The summed E-state index contributed by atoms with van der Waals surface area (Å²) in [6.07, 6.45) is 1.25. The highest BCUT2D eigenvalue weighted by Gasteiger charge is 2.09. The molecule has 0 aromatic heterocycles. The van der Waals surface area contributed by atoms with Crippen LogP contribution in [0.4, 0.5) is 5.69 Å². The lowest BCUT2D eigenvalue weighted by atomic mass is 10.1. The van der Waals surface area contributed by atoms with Crippen LogP contribution in [0.2, 0.25) is 0 Å². The van der Waals surface area contributed by atoms with Crippen molar-refractivity contribution < 1.29 is 14.4 Å². The summed E-state index contributed by atoms with van der Waals surface area (Å²) in [5.74, 6) is -0.916. The second-order valence-electron chi connectivity index (χ2n) is 5.63. The van der Waals surface area contributed by atoms with E-state index in [0.717, 1.165) is 12.0 Å². The SMILES string of the molecule is CCCC(=O)Nc1cccc(CNC(=O)c2cccc(C(N)=O)c2)c1. The standard InChI is InChI=1S/C19H21N3O3/c1-2-5-17(23)22-16-9-3-6-13(10-16)12-21-19(25)15-8-4-7-14(11-15)18(20)24/h3-4,6-11H,2,5,12H2,1H3,(H2,20,24)(H,21,25)(H,22,23). The summed E-state index contributed by atoms with van der Waals surface area (Å²) in [6.45, 7) is 2.25. The zero-order valence-electron chi connectivity index (χ0n) is 14.0. The average molecular weight is 339 g/mol. The average Bonchev–Trinajstić information content (AvgIpc) is 2.60. The van der Waals surface area contributed by atoms with E-state index in [0.29, 0.717) is 24.2 Å². The van der Waals surface area contributed by atoms with Crippen LogP contribution in [0.15, 0.2) is 48.5 Å². The summed E-state index contributed by atoms with van der Waals surface area (Å²) in [5, 5.41) is 5.60. The second-order valence-corrected chi connectivity index (χ2v) is 5.63. The summed E-state index contributed by atoms with van der Waals surface area (Å²) >= 11 is 0. The highest BCUT2D eigenvalue weighted by molar-refractivity contribution is 5.99. The molecule has 6 heteroatoms. The van der Waals surface area contributed by atoms with Crippen molar-refractivity contribution in [3.8, 4) is 0 Å². The molecular weight excluding hydrogens is 318 g/mol. The second kappa shape index (κ2) is 8.63. The minimum atomic E-state index is -0.579. The number of anilines is 1. The van der Waals surface area contributed by atoms with Crippen LogP contribution < -0.4 is 16.4 Å². The van der Waals surface area contributed by atoms with Crippen LogP contribution in [0.5, 0.6) is 0 Å². The number of nitrogens with two attached hydrogens (primary N) is 1. The molecule has 0 aliphatic heterocycles. The lowest BCUT2D eigenvalue weighted by molar-refractivity contribution is -0.116. The topological polar surface area (TPSA) is 101 Å². The van der Waals surface area contributed by atoms with Gasteiger partial charge in [0.25, 0.3) is 5.91 Å². The van der Waals surface area contributed by atoms with Crippen molar-refractivity contribution in [3.05, 3.63) is 65.2 Å². The molecule has 0 aliphatic rings. The van der Waals surface area contributed by atoms with Gasteiger partial charge in [-0.15, -0.1) is 0 Å². The minimum absolute atomic E-state index is 0.0352. The molecule has 0 atom stereocenters. The van der Waals surface area contributed by atoms with Gasteiger partial charge in [0.2, 0.25) is 11.8 Å². The van der Waals surface area contributed by atoms with Crippen LogP contribution in [-0.2, 0) is 11.3 Å². The molecule has 6 nitrogen and oxygen atoms in total. The Morgan fingerprint density at radius 3 is 2.44 bits per heavy atom. The lowest BCUT2D eigenvalue weighted by Crippen LogP contribution is -2.23. The number of carbonyl (C=O) groups excluding carboxylic acids is 3. The third-order valence-electron chi connectivity index (χ3n) is 3.55. The van der Waals surface area contributed by atoms with Gasteiger partial charge in [0, 0.05) is 29.8 Å². The van der Waals surface area contributed by atoms with Gasteiger partial charge in [0.15, 0.2) is 0 Å². The quantitative estimate of drug-likeness (QED) is 0.722. The number of carbonyl (C=O) groups is 3. The van der Waals surface area contributed by atoms with E-state index in [4.69, 9.17) is 5.73 Å². The summed E-state index contributed by atoms with van der Waals surface area (Å²) in [7, 11) is 0. The van der Waals surface area contributed by atoms with Crippen LogP contribution in [0.25, 0.3) is 0 Å². The molecule has 0 radical (unpaired) electrons. The van der Waals surface area contributed by atoms with Crippen LogP contribution in [0.1, 0.15) is 46.0 Å². The molecule has 25 heavy (non-hydrogen) atoms. The van der Waals surface area contributed by atoms with Crippen LogP contribution in [0, 0.1) is 0 Å². The highest BCUT2D eigenvalue weighted by atomic mass is 16.2. The lowest BCUT2D eigenvalue weighted by Gasteiger charge is -2.09. The molecule has 4 N–H and O–H groups in total.